The third kappa shape index (κ3) is 3.09. The maximum Gasteiger partial charge on any atom is 0.223 e. The third-order valence-electron chi connectivity index (χ3n) is 3.13. The number of nitrogens with zero attached hydrogens (tertiary/aromatic N) is 1. The topological polar surface area (TPSA) is 80.5 Å². The summed E-state index contributed by atoms with van der Waals surface area (Å²) in [6, 6.07) is 3.93. The largest absolute Gasteiger partial charge is 0.335 e. The quantitative estimate of drug-likeness (QED) is 0.895. The summed E-state index contributed by atoms with van der Waals surface area (Å²) in [7, 11) is -3.51. The van der Waals surface area contributed by atoms with Gasteiger partial charge in [-0.15, -0.1) is 11.3 Å². The van der Waals surface area contributed by atoms with Crippen LogP contribution in [0.15, 0.2) is 17.5 Å². The number of hydrogen-bond donors (Lipinski definition) is 1. The lowest BCUT2D eigenvalue weighted by Gasteiger charge is -2.23. The minimum atomic E-state index is -3.51. The minimum absolute atomic E-state index is 0.00276. The molecule has 0 spiro atoms. The lowest BCUT2D eigenvalue weighted by molar-refractivity contribution is -0.129. The first-order valence-corrected chi connectivity index (χ1v) is 8.29. The van der Waals surface area contributed by atoms with Crippen molar-refractivity contribution in [2.75, 3.05) is 12.3 Å². The van der Waals surface area contributed by atoms with Crippen LogP contribution in [0.3, 0.4) is 0 Å². The fourth-order valence-electron chi connectivity index (χ4n) is 2.31. The van der Waals surface area contributed by atoms with E-state index in [1.54, 1.807) is 16.2 Å². The Morgan fingerprint density at radius 2 is 2.33 bits per heavy atom. The summed E-state index contributed by atoms with van der Waals surface area (Å²) in [4.78, 5) is 14.8. The van der Waals surface area contributed by atoms with Crippen molar-refractivity contribution in [3.63, 3.8) is 0 Å². The average molecular weight is 288 g/mol. The molecule has 2 N–H and O–H groups in total. The molecule has 7 heteroatoms. The highest BCUT2D eigenvalue weighted by molar-refractivity contribution is 7.89. The maximum atomic E-state index is 11.9. The van der Waals surface area contributed by atoms with Crippen LogP contribution >= 0.6 is 11.3 Å². The van der Waals surface area contributed by atoms with Gasteiger partial charge in [-0.1, -0.05) is 6.07 Å². The molecule has 1 fully saturated rings. The van der Waals surface area contributed by atoms with Gasteiger partial charge in [0.05, 0.1) is 11.8 Å². The molecule has 2 heterocycles. The van der Waals surface area contributed by atoms with Crippen LogP contribution in [-0.4, -0.2) is 31.5 Å². The average Bonchev–Trinajstić information content (AvgIpc) is 2.84. The molecule has 1 aromatic heterocycles. The zero-order valence-corrected chi connectivity index (χ0v) is 11.7. The third-order valence-corrected chi connectivity index (χ3v) is 5.11. The van der Waals surface area contributed by atoms with Crippen LogP contribution in [0.1, 0.15) is 24.3 Å². The van der Waals surface area contributed by atoms with Crippen molar-refractivity contribution in [3.8, 4) is 0 Å². The van der Waals surface area contributed by atoms with E-state index in [9.17, 15) is 13.2 Å². The van der Waals surface area contributed by atoms with Gasteiger partial charge in [-0.2, -0.15) is 0 Å². The Hall–Kier alpha value is -0.920. The van der Waals surface area contributed by atoms with Gasteiger partial charge in [-0.3, -0.25) is 4.79 Å². The molecule has 1 aromatic rings. The Morgan fingerprint density at radius 1 is 1.61 bits per heavy atom. The van der Waals surface area contributed by atoms with Crippen LogP contribution in [0.4, 0.5) is 0 Å². The van der Waals surface area contributed by atoms with Crippen LogP contribution in [0, 0.1) is 5.92 Å². The summed E-state index contributed by atoms with van der Waals surface area (Å²) in [5.41, 5.74) is 0. The lowest BCUT2D eigenvalue weighted by Crippen LogP contribution is -2.29. The molecule has 5 nitrogen and oxygen atoms in total. The van der Waals surface area contributed by atoms with E-state index in [0.717, 1.165) is 4.88 Å². The molecule has 100 valence electrons. The van der Waals surface area contributed by atoms with Crippen LogP contribution in [0.2, 0.25) is 0 Å². The molecule has 0 aromatic carbocycles. The molecule has 1 amide bonds. The summed E-state index contributed by atoms with van der Waals surface area (Å²) in [6.07, 6.45) is 0.270. The highest BCUT2D eigenvalue weighted by Crippen LogP contribution is 2.30. The molecule has 0 radical (unpaired) electrons. The van der Waals surface area contributed by atoms with Gasteiger partial charge < -0.3 is 4.90 Å². The van der Waals surface area contributed by atoms with E-state index in [1.807, 2.05) is 24.4 Å². The van der Waals surface area contributed by atoms with Gasteiger partial charge in [0.15, 0.2) is 0 Å². The molecule has 0 aliphatic carbocycles. The Labute approximate surface area is 111 Å². The summed E-state index contributed by atoms with van der Waals surface area (Å²) >= 11 is 1.60. The monoisotopic (exact) mass is 288 g/mol. The first-order chi connectivity index (χ1) is 8.37. The lowest BCUT2D eigenvalue weighted by atomic mass is 10.1. The van der Waals surface area contributed by atoms with Crippen molar-refractivity contribution < 1.29 is 13.2 Å². The predicted octanol–water partition coefficient (Wildman–Crippen LogP) is 0.946. The molecular formula is C11H16N2O3S2. The smallest absolute Gasteiger partial charge is 0.223 e. The van der Waals surface area contributed by atoms with Crippen molar-refractivity contribution in [2.45, 2.75) is 19.4 Å². The number of carbonyl (C=O) groups is 1. The zero-order valence-electron chi connectivity index (χ0n) is 10.1. The van der Waals surface area contributed by atoms with E-state index in [2.05, 4.69) is 0 Å². The molecule has 2 unspecified atom stereocenters. The molecule has 18 heavy (non-hydrogen) atoms. The Kier molecular flexibility index (Phi) is 3.74. The normalized spacial score (nSPS) is 22.4. The van der Waals surface area contributed by atoms with Crippen LogP contribution < -0.4 is 5.14 Å². The first kappa shape index (κ1) is 13.5. The summed E-state index contributed by atoms with van der Waals surface area (Å²) in [5.74, 6) is -0.300. The number of carbonyl (C=O) groups excluding carboxylic acids is 1. The number of sulfonamides is 1. The fraction of sp³-hybridized carbons (Fsp3) is 0.545. The number of likely N-dealkylation sites (tertiary alicyclic amines) is 1. The second-order valence-electron chi connectivity index (χ2n) is 4.64. The van der Waals surface area contributed by atoms with Crippen LogP contribution in [0.5, 0.6) is 0 Å². The summed E-state index contributed by atoms with van der Waals surface area (Å²) < 4.78 is 22.1. The number of rotatable bonds is 4. The van der Waals surface area contributed by atoms with E-state index in [1.165, 1.54) is 0 Å². The molecular weight excluding hydrogens is 272 g/mol. The standard InChI is InChI=1S/C11H16N2O3S2/c1-8(10-3-2-4-17-10)13-6-9(5-11(13)14)7-18(12,15)16/h2-4,8-9H,5-7H2,1H3,(H2,12,15,16). The number of hydrogen-bond acceptors (Lipinski definition) is 4. The van der Waals surface area contributed by atoms with Gasteiger partial charge in [0.1, 0.15) is 0 Å². The van der Waals surface area contributed by atoms with Gasteiger partial charge in [-0.25, -0.2) is 13.6 Å². The van der Waals surface area contributed by atoms with E-state index in [4.69, 9.17) is 5.14 Å². The molecule has 2 atom stereocenters. The second kappa shape index (κ2) is 4.99. The van der Waals surface area contributed by atoms with Crippen LogP contribution in [0.25, 0.3) is 0 Å². The van der Waals surface area contributed by atoms with Gasteiger partial charge in [0.25, 0.3) is 0 Å². The van der Waals surface area contributed by atoms with E-state index >= 15 is 0 Å². The van der Waals surface area contributed by atoms with Gasteiger partial charge >= 0.3 is 0 Å². The van der Waals surface area contributed by atoms with Crippen molar-refractivity contribution in [1.29, 1.82) is 0 Å². The molecule has 1 aliphatic heterocycles. The van der Waals surface area contributed by atoms with Gasteiger partial charge in [-0.05, 0) is 18.4 Å². The molecule has 0 bridgehead atoms. The van der Waals surface area contributed by atoms with Gasteiger partial charge in [0, 0.05) is 23.8 Å². The molecule has 1 aliphatic rings. The number of primary sulfonamides is 1. The van der Waals surface area contributed by atoms with Crippen molar-refractivity contribution in [2.24, 2.45) is 11.1 Å². The Morgan fingerprint density at radius 3 is 2.89 bits per heavy atom. The molecule has 2 rings (SSSR count). The molecule has 0 saturated carbocycles. The second-order valence-corrected chi connectivity index (χ2v) is 7.28. The first-order valence-electron chi connectivity index (χ1n) is 5.70. The zero-order chi connectivity index (χ0) is 13.3. The predicted molar refractivity (Wildman–Crippen MR) is 70.5 cm³/mol. The summed E-state index contributed by atoms with van der Waals surface area (Å²) in [5, 5.41) is 6.99. The fourth-order valence-corrected chi connectivity index (χ4v) is 3.98. The van der Waals surface area contributed by atoms with E-state index < -0.39 is 10.0 Å². The highest BCUT2D eigenvalue weighted by Gasteiger charge is 2.35. The highest BCUT2D eigenvalue weighted by atomic mass is 32.2. The van der Waals surface area contributed by atoms with Crippen molar-refractivity contribution >= 4 is 27.3 Å². The number of amides is 1. The van der Waals surface area contributed by atoms with E-state index in [-0.39, 0.29) is 30.0 Å². The number of thiophene rings is 1. The van der Waals surface area contributed by atoms with Gasteiger partial charge in [0.2, 0.25) is 15.9 Å². The summed E-state index contributed by atoms with van der Waals surface area (Å²) in [6.45, 7) is 2.43. The minimum Gasteiger partial charge on any atom is -0.335 e. The van der Waals surface area contributed by atoms with Crippen LogP contribution in [-0.2, 0) is 14.8 Å². The number of nitrogens with two attached hydrogens (primary N) is 1. The van der Waals surface area contributed by atoms with Crippen molar-refractivity contribution in [3.05, 3.63) is 22.4 Å². The Balaban J connectivity index is 2.06. The SMILES string of the molecule is CC(c1cccs1)N1CC(CS(N)(=O)=O)CC1=O. The van der Waals surface area contributed by atoms with Crippen molar-refractivity contribution in [1.82, 2.24) is 4.90 Å². The molecule has 1 saturated heterocycles. The van der Waals surface area contributed by atoms with E-state index in [0.29, 0.717) is 6.54 Å². The Bertz CT molecular complexity index is 524. The maximum absolute atomic E-state index is 11.9.